The minimum atomic E-state index is 0.669. The molecule has 0 unspecified atom stereocenters. The van der Waals surface area contributed by atoms with E-state index in [9.17, 15) is 0 Å². The minimum Gasteiger partial charge on any atom is -0.296 e. The van der Waals surface area contributed by atoms with E-state index in [0.29, 0.717) is 6.04 Å². The monoisotopic (exact) mass is 178 g/mol. The van der Waals surface area contributed by atoms with Crippen LogP contribution in [0.15, 0.2) is 16.1 Å². The van der Waals surface area contributed by atoms with Gasteiger partial charge in [-0.1, -0.05) is 0 Å². The maximum absolute atomic E-state index is 4.49. The van der Waals surface area contributed by atoms with Crippen LogP contribution in [0.25, 0.3) is 0 Å². The van der Waals surface area contributed by atoms with Crippen molar-refractivity contribution in [1.29, 1.82) is 0 Å². The van der Waals surface area contributed by atoms with Gasteiger partial charge in [-0.15, -0.1) is 0 Å². The molecule has 2 rings (SSSR count). The van der Waals surface area contributed by atoms with Crippen LogP contribution in [0, 0.1) is 0 Å². The van der Waals surface area contributed by atoms with Gasteiger partial charge in [-0.2, -0.15) is 0 Å². The molecule has 0 radical (unpaired) electrons. The zero-order chi connectivity index (χ0) is 9.42. The third-order valence-electron chi connectivity index (χ3n) is 3.16. The Morgan fingerprint density at radius 1 is 1.38 bits per heavy atom. The van der Waals surface area contributed by atoms with Crippen molar-refractivity contribution in [3.8, 4) is 0 Å². The lowest BCUT2D eigenvalue weighted by molar-refractivity contribution is 0.236. The summed E-state index contributed by atoms with van der Waals surface area (Å²) in [5, 5.41) is 0. The summed E-state index contributed by atoms with van der Waals surface area (Å²) >= 11 is 0. The predicted octanol–water partition coefficient (Wildman–Crippen LogP) is 1.87. The number of nitrogens with zero attached hydrogens (tertiary/aromatic N) is 2. The molecule has 0 atom stereocenters. The Morgan fingerprint density at radius 2 is 2.15 bits per heavy atom. The van der Waals surface area contributed by atoms with Gasteiger partial charge in [0, 0.05) is 24.8 Å². The van der Waals surface area contributed by atoms with Gasteiger partial charge < -0.3 is 0 Å². The fourth-order valence-corrected chi connectivity index (χ4v) is 2.12. The Bertz CT molecular complexity index is 274. The first-order chi connectivity index (χ1) is 6.18. The maximum atomic E-state index is 4.49. The summed E-state index contributed by atoms with van der Waals surface area (Å²) in [7, 11) is 0. The largest absolute Gasteiger partial charge is 0.296 e. The second-order valence-electron chi connectivity index (χ2n) is 4.30. The highest BCUT2D eigenvalue weighted by Gasteiger charge is 2.24. The molecule has 0 bridgehead atoms. The zero-order valence-corrected chi connectivity index (χ0v) is 8.80. The van der Waals surface area contributed by atoms with Crippen LogP contribution in [-0.2, 0) is 0 Å². The van der Waals surface area contributed by atoms with Crippen LogP contribution in [0.3, 0.4) is 0 Å². The molecule has 72 valence electrons. The quantitative estimate of drug-likeness (QED) is 0.598. The van der Waals surface area contributed by atoms with Crippen molar-refractivity contribution >= 4 is 5.71 Å². The Labute approximate surface area is 80.3 Å². The Hall–Kier alpha value is -0.630. The Morgan fingerprint density at radius 3 is 2.85 bits per heavy atom. The topological polar surface area (TPSA) is 15.6 Å². The van der Waals surface area contributed by atoms with Gasteiger partial charge in [0.25, 0.3) is 0 Å². The average Bonchev–Trinajstić information content (AvgIpc) is 2.47. The van der Waals surface area contributed by atoms with E-state index in [1.807, 2.05) is 0 Å². The van der Waals surface area contributed by atoms with Gasteiger partial charge in [0.1, 0.15) is 0 Å². The summed E-state index contributed by atoms with van der Waals surface area (Å²) in [6.45, 7) is 10.0. The fraction of sp³-hybridized carbons (Fsp3) is 0.727. The van der Waals surface area contributed by atoms with Gasteiger partial charge in [0.05, 0.1) is 6.54 Å². The lowest BCUT2D eigenvalue weighted by Gasteiger charge is -2.31. The van der Waals surface area contributed by atoms with Crippen molar-refractivity contribution in [2.75, 3.05) is 19.6 Å². The average molecular weight is 178 g/mol. The summed E-state index contributed by atoms with van der Waals surface area (Å²) < 4.78 is 0. The standard InChI is InChI=1S/C11H18N2/c1-8(2)13-5-4-10-6-12-9(3)11(10)7-13/h8H,4-7H2,1-3H3. The second kappa shape index (κ2) is 3.26. The third-order valence-corrected chi connectivity index (χ3v) is 3.16. The molecule has 0 spiro atoms. The molecule has 0 N–H and O–H groups in total. The first-order valence-electron chi connectivity index (χ1n) is 5.15. The normalized spacial score (nSPS) is 23.8. The molecule has 0 saturated heterocycles. The predicted molar refractivity (Wildman–Crippen MR) is 56.3 cm³/mol. The fourth-order valence-electron chi connectivity index (χ4n) is 2.12. The van der Waals surface area contributed by atoms with Crippen molar-refractivity contribution in [1.82, 2.24) is 4.90 Å². The van der Waals surface area contributed by atoms with Gasteiger partial charge in [-0.25, -0.2) is 0 Å². The summed E-state index contributed by atoms with van der Waals surface area (Å²) in [6, 6.07) is 0.669. The molecular weight excluding hydrogens is 160 g/mol. The number of hydrogen-bond acceptors (Lipinski definition) is 2. The van der Waals surface area contributed by atoms with E-state index in [0.717, 1.165) is 13.1 Å². The smallest absolute Gasteiger partial charge is 0.0610 e. The minimum absolute atomic E-state index is 0.669. The van der Waals surface area contributed by atoms with E-state index in [1.54, 1.807) is 5.57 Å². The van der Waals surface area contributed by atoms with Crippen molar-refractivity contribution in [3.63, 3.8) is 0 Å². The molecule has 0 aliphatic carbocycles. The third kappa shape index (κ3) is 1.55. The van der Waals surface area contributed by atoms with E-state index in [2.05, 4.69) is 30.7 Å². The number of hydrogen-bond donors (Lipinski definition) is 0. The highest BCUT2D eigenvalue weighted by molar-refractivity contribution is 6.01. The Kier molecular flexibility index (Phi) is 2.24. The summed E-state index contributed by atoms with van der Waals surface area (Å²) in [5.74, 6) is 0. The van der Waals surface area contributed by atoms with E-state index >= 15 is 0 Å². The van der Waals surface area contributed by atoms with Crippen LogP contribution in [0.1, 0.15) is 27.2 Å². The summed E-state index contributed by atoms with van der Waals surface area (Å²) in [4.78, 5) is 7.02. The highest BCUT2D eigenvalue weighted by Crippen LogP contribution is 2.25. The van der Waals surface area contributed by atoms with E-state index < -0.39 is 0 Å². The van der Waals surface area contributed by atoms with Crippen molar-refractivity contribution < 1.29 is 0 Å². The summed E-state index contributed by atoms with van der Waals surface area (Å²) in [6.07, 6.45) is 1.23. The molecule has 0 fully saturated rings. The van der Waals surface area contributed by atoms with Crippen LogP contribution in [0.4, 0.5) is 0 Å². The van der Waals surface area contributed by atoms with Crippen molar-refractivity contribution in [2.45, 2.75) is 33.2 Å². The highest BCUT2D eigenvalue weighted by atomic mass is 15.2. The second-order valence-corrected chi connectivity index (χ2v) is 4.30. The van der Waals surface area contributed by atoms with Crippen LogP contribution < -0.4 is 0 Å². The number of aliphatic imine (C=N–C) groups is 1. The van der Waals surface area contributed by atoms with Gasteiger partial charge in [0.2, 0.25) is 0 Å². The van der Waals surface area contributed by atoms with Gasteiger partial charge in [0.15, 0.2) is 0 Å². The Balaban J connectivity index is 2.14. The van der Waals surface area contributed by atoms with Gasteiger partial charge in [-0.05, 0) is 38.3 Å². The molecule has 0 amide bonds. The van der Waals surface area contributed by atoms with E-state index in [4.69, 9.17) is 0 Å². The molecule has 0 aromatic heterocycles. The number of rotatable bonds is 1. The van der Waals surface area contributed by atoms with Crippen molar-refractivity contribution in [2.24, 2.45) is 4.99 Å². The molecule has 2 aliphatic rings. The first kappa shape index (κ1) is 8.95. The lowest BCUT2D eigenvalue weighted by atomic mass is 9.99. The van der Waals surface area contributed by atoms with Crippen molar-refractivity contribution in [3.05, 3.63) is 11.1 Å². The summed E-state index contributed by atoms with van der Waals surface area (Å²) in [5.41, 5.74) is 4.40. The zero-order valence-electron chi connectivity index (χ0n) is 8.80. The molecule has 13 heavy (non-hydrogen) atoms. The maximum Gasteiger partial charge on any atom is 0.0610 e. The van der Waals surface area contributed by atoms with Crippen LogP contribution >= 0.6 is 0 Å². The van der Waals surface area contributed by atoms with Gasteiger partial charge >= 0.3 is 0 Å². The molecular formula is C11H18N2. The van der Waals surface area contributed by atoms with Crippen LogP contribution in [0.2, 0.25) is 0 Å². The molecule has 2 heteroatoms. The first-order valence-corrected chi connectivity index (χ1v) is 5.15. The van der Waals surface area contributed by atoms with E-state index in [1.165, 1.54) is 24.3 Å². The van der Waals surface area contributed by atoms with Crippen LogP contribution in [0.5, 0.6) is 0 Å². The lowest BCUT2D eigenvalue weighted by Crippen LogP contribution is -2.37. The molecule has 2 nitrogen and oxygen atoms in total. The molecule has 2 heterocycles. The van der Waals surface area contributed by atoms with Gasteiger partial charge in [-0.3, -0.25) is 9.89 Å². The van der Waals surface area contributed by atoms with Crippen LogP contribution in [-0.4, -0.2) is 36.3 Å². The SMILES string of the molecule is CC1=NCC2=C1CN(C(C)C)CC2. The molecule has 0 aromatic carbocycles. The molecule has 0 saturated carbocycles. The molecule has 0 aromatic rings. The molecule has 2 aliphatic heterocycles. The van der Waals surface area contributed by atoms with E-state index in [-0.39, 0.29) is 0 Å².